The molecule has 0 spiro atoms. The van der Waals surface area contributed by atoms with Crippen LogP contribution >= 0.6 is 10.7 Å². The normalized spacial score (nSPS) is 11.4. The third-order valence-electron chi connectivity index (χ3n) is 2.10. The molecule has 0 N–H and O–H groups in total. The molecule has 1 aromatic carbocycles. The van der Waals surface area contributed by atoms with E-state index in [0.29, 0.717) is 5.56 Å². The fourth-order valence-electron chi connectivity index (χ4n) is 1.26. The Labute approximate surface area is 106 Å². The molecule has 0 unspecified atom stereocenters. The van der Waals surface area contributed by atoms with Crippen molar-refractivity contribution in [1.29, 1.82) is 0 Å². The maximum absolute atomic E-state index is 11.0. The van der Waals surface area contributed by atoms with E-state index in [1.807, 2.05) is 0 Å². The van der Waals surface area contributed by atoms with Crippen LogP contribution in [0.3, 0.4) is 0 Å². The first-order valence-electron chi connectivity index (χ1n) is 4.54. The second-order valence-electron chi connectivity index (χ2n) is 3.27. The van der Waals surface area contributed by atoms with Gasteiger partial charge < -0.3 is 4.52 Å². The molecule has 9 heteroatoms. The third-order valence-corrected chi connectivity index (χ3v) is 3.23. The summed E-state index contributed by atoms with van der Waals surface area (Å²) in [6.45, 7) is 0. The largest absolute Gasteiger partial charge is 0.343 e. The number of non-ortho nitro benzene ring substituents is 1. The van der Waals surface area contributed by atoms with E-state index in [-0.39, 0.29) is 11.4 Å². The molecule has 0 radical (unpaired) electrons. The summed E-state index contributed by atoms with van der Waals surface area (Å²) in [6.07, 6.45) is 0. The number of aromatic nitrogens is 1. The molecule has 0 saturated carbocycles. The molecular formula is C9H5ClN2O5S. The predicted molar refractivity (Wildman–Crippen MR) is 61.6 cm³/mol. The topological polar surface area (TPSA) is 103 Å². The summed E-state index contributed by atoms with van der Waals surface area (Å²) in [5, 5.41) is 13.5. The van der Waals surface area contributed by atoms with Crippen molar-refractivity contribution in [2.45, 2.75) is 5.09 Å². The molecule has 1 aromatic heterocycles. The van der Waals surface area contributed by atoms with E-state index in [1.165, 1.54) is 24.3 Å². The van der Waals surface area contributed by atoms with E-state index >= 15 is 0 Å². The van der Waals surface area contributed by atoms with Crippen LogP contribution in [0, 0.1) is 10.1 Å². The number of nitro groups is 1. The average Bonchev–Trinajstić information content (AvgIpc) is 2.78. The quantitative estimate of drug-likeness (QED) is 0.487. The molecule has 0 amide bonds. The zero-order chi connectivity index (χ0) is 13.3. The average molecular weight is 289 g/mol. The van der Waals surface area contributed by atoms with Gasteiger partial charge >= 0.3 is 0 Å². The van der Waals surface area contributed by atoms with E-state index < -0.39 is 19.1 Å². The molecule has 0 aliphatic rings. The van der Waals surface area contributed by atoms with Gasteiger partial charge in [-0.2, -0.15) is 0 Å². The van der Waals surface area contributed by atoms with Gasteiger partial charge in [-0.15, -0.1) is 0 Å². The van der Waals surface area contributed by atoms with Gasteiger partial charge in [0, 0.05) is 34.4 Å². The monoisotopic (exact) mass is 288 g/mol. The Hall–Kier alpha value is -1.93. The number of nitrogens with zero attached hydrogens (tertiary/aromatic N) is 2. The maximum atomic E-state index is 11.0. The lowest BCUT2D eigenvalue weighted by Gasteiger charge is -1.94. The van der Waals surface area contributed by atoms with Crippen LogP contribution in [0.2, 0.25) is 0 Å². The highest BCUT2D eigenvalue weighted by Crippen LogP contribution is 2.25. The lowest BCUT2D eigenvalue weighted by Crippen LogP contribution is -1.87. The van der Waals surface area contributed by atoms with Crippen LogP contribution in [-0.4, -0.2) is 18.5 Å². The molecule has 7 nitrogen and oxygen atoms in total. The van der Waals surface area contributed by atoms with Crippen LogP contribution < -0.4 is 0 Å². The van der Waals surface area contributed by atoms with Crippen molar-refractivity contribution in [3.8, 4) is 11.3 Å². The molecular weight excluding hydrogens is 284 g/mol. The smallest absolute Gasteiger partial charge is 0.297 e. The van der Waals surface area contributed by atoms with Crippen molar-refractivity contribution in [3.63, 3.8) is 0 Å². The summed E-state index contributed by atoms with van der Waals surface area (Å²) >= 11 is 0. The van der Waals surface area contributed by atoms with E-state index in [0.717, 1.165) is 6.07 Å². The first kappa shape index (κ1) is 12.5. The lowest BCUT2D eigenvalue weighted by atomic mass is 10.1. The van der Waals surface area contributed by atoms with Crippen molar-refractivity contribution in [1.82, 2.24) is 5.16 Å². The second kappa shape index (κ2) is 4.39. The van der Waals surface area contributed by atoms with Crippen LogP contribution in [0.15, 0.2) is 39.9 Å². The zero-order valence-electron chi connectivity index (χ0n) is 8.61. The van der Waals surface area contributed by atoms with Gasteiger partial charge in [-0.25, -0.2) is 8.42 Å². The Morgan fingerprint density at radius 1 is 1.28 bits per heavy atom. The third kappa shape index (κ3) is 2.49. The molecule has 0 aliphatic heterocycles. The first-order chi connectivity index (χ1) is 8.38. The van der Waals surface area contributed by atoms with Crippen molar-refractivity contribution >= 4 is 25.4 Å². The summed E-state index contributed by atoms with van der Waals surface area (Å²) in [7, 11) is 1.10. The Kier molecular flexibility index (Phi) is 3.05. The minimum Gasteiger partial charge on any atom is -0.343 e. The molecule has 0 aliphatic carbocycles. The van der Waals surface area contributed by atoms with Crippen LogP contribution in [-0.2, 0) is 9.05 Å². The Morgan fingerprint density at radius 3 is 2.33 bits per heavy atom. The summed E-state index contributed by atoms with van der Waals surface area (Å²) in [6, 6.07) is 6.56. The summed E-state index contributed by atoms with van der Waals surface area (Å²) in [5.74, 6) is 0. The number of hydrogen-bond acceptors (Lipinski definition) is 6. The van der Waals surface area contributed by atoms with Gasteiger partial charge in [0.05, 0.1) is 4.92 Å². The highest BCUT2D eigenvalue weighted by atomic mass is 35.7. The van der Waals surface area contributed by atoms with E-state index in [4.69, 9.17) is 10.7 Å². The van der Waals surface area contributed by atoms with Crippen molar-refractivity contribution < 1.29 is 17.9 Å². The zero-order valence-corrected chi connectivity index (χ0v) is 10.2. The fraction of sp³-hybridized carbons (Fsp3) is 0. The maximum Gasteiger partial charge on any atom is 0.297 e. The number of rotatable bonds is 3. The molecule has 1 heterocycles. The second-order valence-corrected chi connectivity index (χ2v) is 5.77. The molecule has 0 bridgehead atoms. The summed E-state index contributed by atoms with van der Waals surface area (Å²) < 4.78 is 26.5. The van der Waals surface area contributed by atoms with Gasteiger partial charge in [0.2, 0.25) is 0 Å². The van der Waals surface area contributed by atoms with E-state index in [9.17, 15) is 18.5 Å². The van der Waals surface area contributed by atoms with Gasteiger partial charge in [0.1, 0.15) is 5.69 Å². The van der Waals surface area contributed by atoms with E-state index in [1.54, 1.807) is 0 Å². The highest BCUT2D eigenvalue weighted by molar-refractivity contribution is 8.13. The Morgan fingerprint density at radius 2 is 1.89 bits per heavy atom. The fourth-order valence-corrected chi connectivity index (χ4v) is 1.86. The first-order valence-corrected chi connectivity index (χ1v) is 6.85. The molecule has 0 saturated heterocycles. The lowest BCUT2D eigenvalue weighted by molar-refractivity contribution is -0.384. The number of benzene rings is 1. The number of halogens is 1. The van der Waals surface area contributed by atoms with Gasteiger partial charge in [0.15, 0.2) is 0 Å². The minimum absolute atomic E-state index is 0.0765. The van der Waals surface area contributed by atoms with Crippen LogP contribution in [0.5, 0.6) is 0 Å². The summed E-state index contributed by atoms with van der Waals surface area (Å²) in [4.78, 5) is 9.92. The van der Waals surface area contributed by atoms with Crippen molar-refractivity contribution in [2.24, 2.45) is 0 Å². The van der Waals surface area contributed by atoms with Crippen LogP contribution in [0.4, 0.5) is 5.69 Å². The SMILES string of the molecule is O=[N+]([O-])c1ccc(-c2cc(S(=O)(=O)Cl)on2)cc1. The standard InChI is InChI=1S/C9H5ClN2O5S/c10-18(15,16)9-5-8(11-17-9)6-1-3-7(4-2-6)12(13)14/h1-5H. The van der Waals surface area contributed by atoms with Gasteiger partial charge in [-0.1, -0.05) is 5.16 Å². The number of nitro benzene ring substituents is 1. The van der Waals surface area contributed by atoms with Gasteiger partial charge in [-0.3, -0.25) is 10.1 Å². The van der Waals surface area contributed by atoms with Crippen LogP contribution in [0.25, 0.3) is 11.3 Å². The van der Waals surface area contributed by atoms with Crippen LogP contribution in [0.1, 0.15) is 0 Å². The molecule has 2 rings (SSSR count). The molecule has 94 valence electrons. The predicted octanol–water partition coefficient (Wildman–Crippen LogP) is 2.18. The molecule has 0 atom stereocenters. The minimum atomic E-state index is -3.98. The Balaban J connectivity index is 2.38. The van der Waals surface area contributed by atoms with Crippen molar-refractivity contribution in [2.75, 3.05) is 0 Å². The van der Waals surface area contributed by atoms with Gasteiger partial charge in [0.25, 0.3) is 19.8 Å². The molecule has 0 fully saturated rings. The van der Waals surface area contributed by atoms with E-state index in [2.05, 4.69) is 9.68 Å². The Bertz CT molecular complexity index is 692. The summed E-state index contributed by atoms with van der Waals surface area (Å²) in [5.41, 5.74) is 0.632. The molecule has 18 heavy (non-hydrogen) atoms. The van der Waals surface area contributed by atoms with Gasteiger partial charge in [-0.05, 0) is 12.1 Å². The van der Waals surface area contributed by atoms with Crippen molar-refractivity contribution in [3.05, 3.63) is 40.4 Å². The number of hydrogen-bond donors (Lipinski definition) is 0. The highest BCUT2D eigenvalue weighted by Gasteiger charge is 2.18. The molecule has 2 aromatic rings.